The van der Waals surface area contributed by atoms with Gasteiger partial charge >= 0.3 is 6.03 Å². The summed E-state index contributed by atoms with van der Waals surface area (Å²) < 4.78 is 0. The summed E-state index contributed by atoms with van der Waals surface area (Å²) in [5.41, 5.74) is 6.65. The largest absolute Gasteiger partial charge is 0.508 e. The van der Waals surface area contributed by atoms with Gasteiger partial charge in [-0.05, 0) is 49.8 Å². The number of amides is 2. The van der Waals surface area contributed by atoms with Crippen LogP contribution in [-0.2, 0) is 12.8 Å². The normalized spacial score (nSPS) is 17.2. The Hall–Kier alpha value is -2.77. The third kappa shape index (κ3) is 4.87. The van der Waals surface area contributed by atoms with Crippen LogP contribution in [0.4, 0.5) is 10.7 Å². The second-order valence-corrected chi connectivity index (χ2v) is 6.67. The topological polar surface area (TPSA) is 120 Å². The van der Waals surface area contributed by atoms with Crippen LogP contribution in [0.1, 0.15) is 37.1 Å². The van der Waals surface area contributed by atoms with Gasteiger partial charge in [-0.1, -0.05) is 12.1 Å². The van der Waals surface area contributed by atoms with E-state index in [0.717, 1.165) is 38.6 Å². The zero-order valence-corrected chi connectivity index (χ0v) is 14.8. The zero-order valence-electron chi connectivity index (χ0n) is 14.8. The van der Waals surface area contributed by atoms with Crippen molar-refractivity contribution >= 4 is 12.0 Å². The Labute approximate surface area is 152 Å². The molecule has 0 spiro atoms. The third-order valence-electron chi connectivity index (χ3n) is 4.78. The number of piperidine rings is 1. The first-order valence-electron chi connectivity index (χ1n) is 9.11. The van der Waals surface area contributed by atoms with Crippen LogP contribution >= 0.6 is 0 Å². The van der Waals surface area contributed by atoms with E-state index in [2.05, 4.69) is 20.5 Å². The molecule has 0 radical (unpaired) electrons. The number of H-pyrrole nitrogens is 1. The number of urea groups is 1. The molecule has 0 saturated carbocycles. The number of nitrogens with one attached hydrogen (secondary N) is 2. The van der Waals surface area contributed by atoms with Crippen LogP contribution in [0.5, 0.6) is 5.75 Å². The van der Waals surface area contributed by atoms with Crippen LogP contribution < -0.4 is 11.1 Å². The number of nitrogen functional groups attached to an aromatic ring is 1. The summed E-state index contributed by atoms with van der Waals surface area (Å²) in [5.74, 6) is 1.17. The Kier molecular flexibility index (Phi) is 5.93. The second-order valence-electron chi connectivity index (χ2n) is 6.67. The first-order valence-corrected chi connectivity index (χ1v) is 9.11. The lowest BCUT2D eigenvalue weighted by molar-refractivity contribution is 0.146. The van der Waals surface area contributed by atoms with Crippen LogP contribution in [0.3, 0.4) is 0 Å². The van der Waals surface area contributed by atoms with Crippen molar-refractivity contribution in [3.05, 3.63) is 35.7 Å². The van der Waals surface area contributed by atoms with E-state index in [4.69, 9.17) is 5.73 Å². The van der Waals surface area contributed by atoms with Crippen molar-refractivity contribution < 1.29 is 9.90 Å². The summed E-state index contributed by atoms with van der Waals surface area (Å²) in [6.07, 6.45) is 5.62. The van der Waals surface area contributed by atoms with Gasteiger partial charge in [-0.25, -0.2) is 4.79 Å². The molecule has 2 aromatic rings. The van der Waals surface area contributed by atoms with Crippen molar-refractivity contribution in [2.45, 2.75) is 44.6 Å². The molecule has 2 amide bonds. The maximum Gasteiger partial charge on any atom is 0.317 e. The van der Waals surface area contributed by atoms with Crippen LogP contribution in [0.25, 0.3) is 0 Å². The first-order chi connectivity index (χ1) is 12.6. The highest BCUT2D eigenvalue weighted by atomic mass is 16.3. The maximum absolute atomic E-state index is 12.6. The fraction of sp³-hybridized carbons (Fsp3) is 0.500. The minimum Gasteiger partial charge on any atom is -0.508 e. The second kappa shape index (κ2) is 8.55. The van der Waals surface area contributed by atoms with Gasteiger partial charge in [-0.2, -0.15) is 4.98 Å². The predicted octanol–water partition coefficient (Wildman–Crippen LogP) is 1.83. The zero-order chi connectivity index (χ0) is 18.4. The number of phenolic OH excluding ortho intramolecular Hbond substituents is 1. The lowest BCUT2D eigenvalue weighted by atomic mass is 9.96. The molecule has 3 rings (SSSR count). The van der Waals surface area contributed by atoms with Crippen molar-refractivity contribution in [2.24, 2.45) is 0 Å². The Morgan fingerprint density at radius 1 is 1.31 bits per heavy atom. The van der Waals surface area contributed by atoms with Crippen molar-refractivity contribution in [2.75, 3.05) is 18.8 Å². The average molecular weight is 358 g/mol. The number of aromatic hydroxyl groups is 1. The van der Waals surface area contributed by atoms with Crippen molar-refractivity contribution in [1.29, 1.82) is 0 Å². The molecule has 8 nitrogen and oxygen atoms in total. The fourth-order valence-corrected chi connectivity index (χ4v) is 3.38. The number of carbonyl (C=O) groups is 1. The molecule has 0 bridgehead atoms. The lowest BCUT2D eigenvalue weighted by Crippen LogP contribution is -2.49. The molecule has 26 heavy (non-hydrogen) atoms. The van der Waals surface area contributed by atoms with E-state index in [1.165, 1.54) is 5.56 Å². The Balaban J connectivity index is 1.48. The number of hydrogen-bond acceptors (Lipinski definition) is 5. The van der Waals surface area contributed by atoms with Gasteiger partial charge in [0.05, 0.1) is 0 Å². The number of aromatic amines is 1. The van der Waals surface area contributed by atoms with E-state index in [1.54, 1.807) is 12.1 Å². The molecule has 0 aliphatic carbocycles. The number of aryl methyl sites for hydroxylation is 1. The Morgan fingerprint density at radius 2 is 2.12 bits per heavy atom. The predicted molar refractivity (Wildman–Crippen MR) is 98.7 cm³/mol. The van der Waals surface area contributed by atoms with Crippen LogP contribution in [0.2, 0.25) is 0 Å². The standard InChI is InChI=1S/C18H26N6O2/c19-17-21-16(22-23-17)10-11-20-18(26)24-12-2-1-3-14(24)7-4-13-5-8-15(25)9-6-13/h5-6,8-9,14,25H,1-4,7,10-12H2,(H,20,26)(H3,19,21,22,23)/t14-/m0/s1. The number of rotatable bonds is 6. The van der Waals surface area contributed by atoms with Crippen molar-refractivity contribution in [3.8, 4) is 5.75 Å². The number of phenols is 1. The minimum absolute atomic E-state index is 0.0205. The van der Waals surface area contributed by atoms with Gasteiger partial charge < -0.3 is 21.1 Å². The van der Waals surface area contributed by atoms with Gasteiger partial charge in [0.25, 0.3) is 0 Å². The monoisotopic (exact) mass is 358 g/mol. The molecule has 1 aliphatic heterocycles. The van der Waals surface area contributed by atoms with E-state index in [9.17, 15) is 9.90 Å². The molecule has 140 valence electrons. The van der Waals surface area contributed by atoms with Gasteiger partial charge in [0, 0.05) is 25.6 Å². The number of benzene rings is 1. The summed E-state index contributed by atoms with van der Waals surface area (Å²) in [7, 11) is 0. The van der Waals surface area contributed by atoms with Gasteiger partial charge in [-0.15, -0.1) is 5.10 Å². The number of anilines is 1. The summed E-state index contributed by atoms with van der Waals surface area (Å²) in [6, 6.07) is 7.51. The highest BCUT2D eigenvalue weighted by Crippen LogP contribution is 2.22. The smallest absolute Gasteiger partial charge is 0.317 e. The van der Waals surface area contributed by atoms with Crippen LogP contribution in [-0.4, -0.2) is 50.4 Å². The lowest BCUT2D eigenvalue weighted by Gasteiger charge is -2.36. The minimum atomic E-state index is -0.0205. The summed E-state index contributed by atoms with van der Waals surface area (Å²) in [5, 5.41) is 18.9. The molecule has 1 fully saturated rings. The maximum atomic E-state index is 12.6. The van der Waals surface area contributed by atoms with Crippen molar-refractivity contribution in [3.63, 3.8) is 0 Å². The van der Waals surface area contributed by atoms with E-state index in [-0.39, 0.29) is 23.8 Å². The third-order valence-corrected chi connectivity index (χ3v) is 4.78. The van der Waals surface area contributed by atoms with E-state index in [1.807, 2.05) is 17.0 Å². The summed E-state index contributed by atoms with van der Waals surface area (Å²) in [6.45, 7) is 1.29. The molecule has 0 unspecified atom stereocenters. The number of aromatic nitrogens is 3. The SMILES string of the molecule is Nc1n[nH]c(CCNC(=O)N2CCCC[C@H]2CCc2ccc(O)cc2)n1. The Bertz CT molecular complexity index is 715. The molecule has 8 heteroatoms. The quantitative estimate of drug-likeness (QED) is 0.628. The number of nitrogens with two attached hydrogens (primary N) is 1. The molecule has 2 heterocycles. The molecule has 1 aliphatic rings. The van der Waals surface area contributed by atoms with Crippen LogP contribution in [0.15, 0.2) is 24.3 Å². The molecule has 1 saturated heterocycles. The number of hydrogen-bond donors (Lipinski definition) is 4. The number of carbonyl (C=O) groups excluding carboxylic acids is 1. The highest BCUT2D eigenvalue weighted by molar-refractivity contribution is 5.74. The summed E-state index contributed by atoms with van der Waals surface area (Å²) in [4.78, 5) is 18.6. The average Bonchev–Trinajstić information content (AvgIpc) is 3.06. The number of nitrogens with zero attached hydrogens (tertiary/aromatic N) is 3. The van der Waals surface area contributed by atoms with Gasteiger partial charge in [-0.3, -0.25) is 5.10 Å². The molecular formula is C18H26N6O2. The highest BCUT2D eigenvalue weighted by Gasteiger charge is 2.26. The van der Waals surface area contributed by atoms with E-state index >= 15 is 0 Å². The molecule has 1 atom stereocenters. The fourth-order valence-electron chi connectivity index (χ4n) is 3.38. The molecule has 5 N–H and O–H groups in total. The van der Waals surface area contributed by atoms with E-state index in [0.29, 0.717) is 18.8 Å². The van der Waals surface area contributed by atoms with Gasteiger partial charge in [0.2, 0.25) is 5.95 Å². The Morgan fingerprint density at radius 3 is 2.85 bits per heavy atom. The van der Waals surface area contributed by atoms with Gasteiger partial charge in [0.1, 0.15) is 11.6 Å². The molecule has 1 aromatic carbocycles. The molecule has 1 aromatic heterocycles. The molecular weight excluding hydrogens is 332 g/mol. The van der Waals surface area contributed by atoms with E-state index < -0.39 is 0 Å². The van der Waals surface area contributed by atoms with Crippen LogP contribution in [0, 0.1) is 0 Å². The number of likely N-dealkylation sites (tertiary alicyclic amines) is 1. The summed E-state index contributed by atoms with van der Waals surface area (Å²) >= 11 is 0. The van der Waals surface area contributed by atoms with Crippen molar-refractivity contribution in [1.82, 2.24) is 25.4 Å². The van der Waals surface area contributed by atoms with Gasteiger partial charge in [0.15, 0.2) is 0 Å². The first kappa shape index (κ1) is 18.0.